The molecule has 0 aromatic heterocycles. The molecule has 0 bridgehead atoms. The summed E-state index contributed by atoms with van der Waals surface area (Å²) in [5, 5.41) is 8.93. The molecule has 0 unspecified atom stereocenters. The van der Waals surface area contributed by atoms with Crippen LogP contribution in [-0.2, 0) is 10.0 Å². The Labute approximate surface area is 133 Å². The summed E-state index contributed by atoms with van der Waals surface area (Å²) < 4.78 is 32.5. The molecule has 0 radical (unpaired) electrons. The minimum Gasteiger partial charge on any atom is -0.495 e. The lowest BCUT2D eigenvalue weighted by molar-refractivity contribution is 0.100. The molecule has 8 heteroatoms. The molecule has 0 aliphatic rings. The summed E-state index contributed by atoms with van der Waals surface area (Å²) in [4.78, 5) is 11.2. The molecule has 0 aliphatic carbocycles. The smallest absolute Gasteiger partial charge is 0.265 e. The second kappa shape index (κ2) is 6.37. The summed E-state index contributed by atoms with van der Waals surface area (Å²) >= 11 is 0. The van der Waals surface area contributed by atoms with Crippen LogP contribution in [0.4, 0.5) is 5.69 Å². The summed E-state index contributed by atoms with van der Waals surface area (Å²) in [5.74, 6) is -0.686. The Morgan fingerprint density at radius 3 is 2.57 bits per heavy atom. The van der Waals surface area contributed by atoms with E-state index >= 15 is 0 Å². The number of carbonyl (C=O) groups is 1. The van der Waals surface area contributed by atoms with Crippen LogP contribution in [0.3, 0.4) is 0 Å². The van der Waals surface area contributed by atoms with E-state index in [9.17, 15) is 13.2 Å². The summed E-state index contributed by atoms with van der Waals surface area (Å²) in [6.45, 7) is 0. The average molecular weight is 331 g/mol. The molecule has 7 nitrogen and oxygen atoms in total. The lowest BCUT2D eigenvalue weighted by atomic mass is 10.2. The fraction of sp³-hybridized carbons (Fsp3) is 0.0667. The third-order valence-electron chi connectivity index (χ3n) is 3.02. The predicted octanol–water partition coefficient (Wildman–Crippen LogP) is 1.47. The molecule has 2 aromatic rings. The highest BCUT2D eigenvalue weighted by Crippen LogP contribution is 2.27. The number of para-hydroxylation sites is 1. The Balaban J connectivity index is 2.53. The van der Waals surface area contributed by atoms with E-state index in [1.807, 2.05) is 6.07 Å². The van der Waals surface area contributed by atoms with Crippen LogP contribution in [0.5, 0.6) is 5.75 Å². The van der Waals surface area contributed by atoms with Gasteiger partial charge in [-0.15, -0.1) is 0 Å². The molecular weight excluding hydrogens is 318 g/mol. The van der Waals surface area contributed by atoms with Crippen molar-refractivity contribution in [1.29, 1.82) is 5.26 Å². The number of methoxy groups -OCH3 is 1. The van der Waals surface area contributed by atoms with Gasteiger partial charge in [0.25, 0.3) is 15.9 Å². The maximum Gasteiger partial charge on any atom is 0.265 e. The quantitative estimate of drug-likeness (QED) is 0.859. The average Bonchev–Trinajstić information content (AvgIpc) is 2.54. The SMILES string of the molecule is COc1ccc(C#N)cc1S(=O)(=O)Nc1ccccc1C(N)=O. The van der Waals surface area contributed by atoms with Crippen molar-refractivity contribution in [3.63, 3.8) is 0 Å². The third-order valence-corrected chi connectivity index (χ3v) is 4.41. The van der Waals surface area contributed by atoms with E-state index < -0.39 is 15.9 Å². The number of hydrogen-bond donors (Lipinski definition) is 2. The van der Waals surface area contributed by atoms with Crippen LogP contribution in [0.15, 0.2) is 47.4 Å². The first-order valence-corrected chi connectivity index (χ1v) is 7.87. The first-order valence-electron chi connectivity index (χ1n) is 6.39. The van der Waals surface area contributed by atoms with Gasteiger partial charge >= 0.3 is 0 Å². The molecule has 0 saturated heterocycles. The van der Waals surface area contributed by atoms with Gasteiger partial charge in [-0.2, -0.15) is 5.26 Å². The lowest BCUT2D eigenvalue weighted by Gasteiger charge is -2.13. The van der Waals surface area contributed by atoms with Gasteiger partial charge in [0.2, 0.25) is 0 Å². The summed E-state index contributed by atoms with van der Waals surface area (Å²) in [5.41, 5.74) is 5.47. The molecule has 23 heavy (non-hydrogen) atoms. The number of rotatable bonds is 5. The van der Waals surface area contributed by atoms with Crippen molar-refractivity contribution in [2.75, 3.05) is 11.8 Å². The van der Waals surface area contributed by atoms with Crippen molar-refractivity contribution in [2.45, 2.75) is 4.90 Å². The molecule has 1 amide bonds. The number of nitrogens with two attached hydrogens (primary N) is 1. The summed E-state index contributed by atoms with van der Waals surface area (Å²) in [6, 6.07) is 11.8. The summed E-state index contributed by atoms with van der Waals surface area (Å²) in [6.07, 6.45) is 0. The highest BCUT2D eigenvalue weighted by molar-refractivity contribution is 7.92. The second-order valence-corrected chi connectivity index (χ2v) is 6.14. The first kappa shape index (κ1) is 16.3. The molecular formula is C15H13N3O4S. The zero-order valence-electron chi connectivity index (χ0n) is 12.1. The number of nitriles is 1. The molecule has 0 fully saturated rings. The van der Waals surface area contributed by atoms with Crippen molar-refractivity contribution < 1.29 is 17.9 Å². The molecule has 0 heterocycles. The number of nitrogens with one attached hydrogen (secondary N) is 1. The number of benzene rings is 2. The highest BCUT2D eigenvalue weighted by Gasteiger charge is 2.22. The lowest BCUT2D eigenvalue weighted by Crippen LogP contribution is -2.19. The van der Waals surface area contributed by atoms with E-state index in [1.54, 1.807) is 12.1 Å². The first-order chi connectivity index (χ1) is 10.9. The van der Waals surface area contributed by atoms with E-state index in [0.29, 0.717) is 0 Å². The van der Waals surface area contributed by atoms with Crippen molar-refractivity contribution in [1.82, 2.24) is 0 Å². The van der Waals surface area contributed by atoms with Gasteiger partial charge in [0.1, 0.15) is 10.6 Å². The molecule has 2 aromatic carbocycles. The monoisotopic (exact) mass is 331 g/mol. The van der Waals surface area contributed by atoms with Gasteiger partial charge in [0.15, 0.2) is 0 Å². The van der Waals surface area contributed by atoms with Crippen LogP contribution < -0.4 is 15.2 Å². The number of amides is 1. The van der Waals surface area contributed by atoms with Crippen molar-refractivity contribution in [3.8, 4) is 11.8 Å². The topological polar surface area (TPSA) is 122 Å². The predicted molar refractivity (Wildman–Crippen MR) is 83.5 cm³/mol. The third kappa shape index (κ3) is 3.41. The van der Waals surface area contributed by atoms with E-state index in [-0.39, 0.29) is 27.5 Å². The second-order valence-electron chi connectivity index (χ2n) is 4.49. The highest BCUT2D eigenvalue weighted by atomic mass is 32.2. The van der Waals surface area contributed by atoms with E-state index in [0.717, 1.165) is 0 Å². The number of ether oxygens (including phenoxy) is 1. The number of primary amides is 1. The van der Waals surface area contributed by atoms with Crippen LogP contribution >= 0.6 is 0 Å². The van der Waals surface area contributed by atoms with E-state index in [1.165, 1.54) is 37.4 Å². The number of hydrogen-bond acceptors (Lipinski definition) is 5. The number of carbonyl (C=O) groups excluding carboxylic acids is 1. The van der Waals surface area contributed by atoms with Crippen molar-refractivity contribution in [2.24, 2.45) is 5.73 Å². The van der Waals surface area contributed by atoms with Crippen LogP contribution in [0.2, 0.25) is 0 Å². The van der Waals surface area contributed by atoms with Gasteiger partial charge in [-0.05, 0) is 30.3 Å². The Morgan fingerprint density at radius 1 is 1.26 bits per heavy atom. The van der Waals surface area contributed by atoms with Gasteiger partial charge in [-0.3, -0.25) is 9.52 Å². The largest absolute Gasteiger partial charge is 0.495 e. The molecule has 0 aliphatic heterocycles. The zero-order valence-corrected chi connectivity index (χ0v) is 12.9. The maximum absolute atomic E-state index is 12.6. The van der Waals surface area contributed by atoms with Crippen molar-refractivity contribution in [3.05, 3.63) is 53.6 Å². The van der Waals surface area contributed by atoms with Crippen LogP contribution in [-0.4, -0.2) is 21.4 Å². The molecule has 2 rings (SSSR count). The molecule has 0 spiro atoms. The van der Waals surface area contributed by atoms with Gasteiger partial charge < -0.3 is 10.5 Å². The Bertz CT molecular complexity index is 901. The van der Waals surface area contributed by atoms with Crippen LogP contribution in [0.25, 0.3) is 0 Å². The molecule has 118 valence electrons. The standard InChI is InChI=1S/C15H13N3O4S/c1-22-13-7-6-10(9-16)8-14(13)23(20,21)18-12-5-3-2-4-11(12)15(17)19/h2-8,18H,1H3,(H2,17,19). The number of sulfonamides is 1. The van der Waals surface area contributed by atoms with Gasteiger partial charge in [0.05, 0.1) is 30.0 Å². The fourth-order valence-corrected chi connectivity index (χ4v) is 3.22. The maximum atomic E-state index is 12.6. The minimum absolute atomic E-state index is 0.0338. The molecule has 3 N–H and O–H groups in total. The van der Waals surface area contributed by atoms with Gasteiger partial charge in [0, 0.05) is 0 Å². The molecule has 0 atom stereocenters. The Kier molecular flexibility index (Phi) is 4.52. The van der Waals surface area contributed by atoms with Gasteiger partial charge in [-0.1, -0.05) is 12.1 Å². The van der Waals surface area contributed by atoms with E-state index in [2.05, 4.69) is 4.72 Å². The fourth-order valence-electron chi connectivity index (χ4n) is 1.94. The van der Waals surface area contributed by atoms with Gasteiger partial charge in [-0.25, -0.2) is 8.42 Å². The van der Waals surface area contributed by atoms with Crippen LogP contribution in [0.1, 0.15) is 15.9 Å². The normalized spacial score (nSPS) is 10.6. The Hall–Kier alpha value is -3.05. The Morgan fingerprint density at radius 2 is 1.96 bits per heavy atom. The van der Waals surface area contributed by atoms with Crippen molar-refractivity contribution >= 4 is 21.6 Å². The van der Waals surface area contributed by atoms with Crippen LogP contribution in [0, 0.1) is 11.3 Å². The number of nitrogens with zero attached hydrogens (tertiary/aromatic N) is 1. The zero-order chi connectivity index (χ0) is 17.0. The van der Waals surface area contributed by atoms with E-state index in [4.69, 9.17) is 15.7 Å². The summed E-state index contributed by atoms with van der Waals surface area (Å²) in [7, 11) is -2.76. The minimum atomic E-state index is -4.08. The molecule has 0 saturated carbocycles. The number of anilines is 1.